The lowest BCUT2D eigenvalue weighted by atomic mass is 10.0. The van der Waals surface area contributed by atoms with Crippen LogP contribution in [-0.4, -0.2) is 29.0 Å². The fourth-order valence-electron chi connectivity index (χ4n) is 2.86. The second kappa shape index (κ2) is 5.85. The molecule has 1 aromatic carbocycles. The summed E-state index contributed by atoms with van der Waals surface area (Å²) in [5.41, 5.74) is 3.86. The molecule has 1 fully saturated rings. The van der Waals surface area contributed by atoms with Gasteiger partial charge in [-0.15, -0.1) is 0 Å². The van der Waals surface area contributed by atoms with Crippen molar-refractivity contribution >= 4 is 29.1 Å². The molecule has 110 valence electrons. The number of benzene rings is 1. The van der Waals surface area contributed by atoms with Gasteiger partial charge in [0.25, 0.3) is 5.91 Å². The molecule has 21 heavy (non-hydrogen) atoms. The lowest BCUT2D eigenvalue weighted by Crippen LogP contribution is -2.39. The number of nitrogens with one attached hydrogen (secondary N) is 1. The van der Waals surface area contributed by atoms with Crippen molar-refractivity contribution in [1.29, 1.82) is 0 Å². The van der Waals surface area contributed by atoms with Gasteiger partial charge in [-0.2, -0.15) is 5.10 Å². The van der Waals surface area contributed by atoms with Gasteiger partial charge in [0.1, 0.15) is 5.71 Å². The second-order valence-electron chi connectivity index (χ2n) is 5.31. The van der Waals surface area contributed by atoms with Crippen LogP contribution in [-0.2, 0) is 9.59 Å². The zero-order valence-electron chi connectivity index (χ0n) is 11.5. The quantitative estimate of drug-likeness (QED) is 0.911. The largest absolute Gasteiger partial charge is 0.331 e. The van der Waals surface area contributed by atoms with Gasteiger partial charge in [-0.05, 0) is 30.5 Å². The summed E-state index contributed by atoms with van der Waals surface area (Å²) in [4.78, 5) is 25.5. The first-order valence-corrected chi connectivity index (χ1v) is 7.45. The summed E-state index contributed by atoms with van der Waals surface area (Å²) in [6.45, 7) is 0.711. The fraction of sp³-hybridized carbons (Fsp3) is 0.400. The van der Waals surface area contributed by atoms with Gasteiger partial charge in [-0.1, -0.05) is 23.7 Å². The van der Waals surface area contributed by atoms with Gasteiger partial charge < -0.3 is 4.90 Å². The van der Waals surface area contributed by atoms with Crippen LogP contribution in [0.2, 0.25) is 5.02 Å². The van der Waals surface area contributed by atoms with Crippen molar-refractivity contribution in [3.8, 4) is 0 Å². The summed E-state index contributed by atoms with van der Waals surface area (Å²) in [5.74, 6) is -0.225. The molecule has 1 aromatic rings. The number of hydrogen-bond acceptors (Lipinski definition) is 3. The smallest absolute Gasteiger partial charge is 0.270 e. The van der Waals surface area contributed by atoms with Crippen molar-refractivity contribution in [1.82, 2.24) is 10.3 Å². The highest BCUT2D eigenvalue weighted by Crippen LogP contribution is 2.33. The molecule has 2 heterocycles. The van der Waals surface area contributed by atoms with Gasteiger partial charge in [0, 0.05) is 24.4 Å². The predicted octanol–water partition coefficient (Wildman–Crippen LogP) is 2.27. The zero-order chi connectivity index (χ0) is 14.8. The van der Waals surface area contributed by atoms with E-state index in [1.807, 2.05) is 29.2 Å². The third-order valence-corrected chi connectivity index (χ3v) is 4.13. The molecule has 1 saturated heterocycles. The molecule has 1 atom stereocenters. The SMILES string of the molecule is O=C1CCC(C(=O)N2CCCC2c2cccc(Cl)c2)=NN1. The number of hydrazone groups is 1. The standard InChI is InChI=1S/C15H16ClN3O2/c16-11-4-1-3-10(9-11)13-5-2-8-19(13)15(21)12-6-7-14(20)18-17-12/h1,3-4,9,13H,2,5-8H2,(H,18,20). The first-order valence-electron chi connectivity index (χ1n) is 7.07. The van der Waals surface area contributed by atoms with Crippen LogP contribution >= 0.6 is 11.6 Å². The van der Waals surface area contributed by atoms with Gasteiger partial charge in [0.15, 0.2) is 0 Å². The minimum atomic E-state index is -0.139. The molecule has 0 saturated carbocycles. The van der Waals surface area contributed by atoms with E-state index >= 15 is 0 Å². The van der Waals surface area contributed by atoms with Gasteiger partial charge in [0.05, 0.1) is 6.04 Å². The molecule has 0 radical (unpaired) electrons. The minimum Gasteiger partial charge on any atom is -0.331 e. The average molecular weight is 306 g/mol. The molecule has 2 aliphatic heterocycles. The monoisotopic (exact) mass is 305 g/mol. The van der Waals surface area contributed by atoms with Crippen LogP contribution in [0.15, 0.2) is 29.4 Å². The zero-order valence-corrected chi connectivity index (χ0v) is 12.3. The number of hydrogen-bond donors (Lipinski definition) is 1. The van der Waals surface area contributed by atoms with E-state index in [-0.39, 0.29) is 17.9 Å². The van der Waals surface area contributed by atoms with E-state index in [9.17, 15) is 9.59 Å². The number of carbonyl (C=O) groups is 2. The highest BCUT2D eigenvalue weighted by Gasteiger charge is 2.33. The number of likely N-dealkylation sites (tertiary alicyclic amines) is 1. The summed E-state index contributed by atoms with van der Waals surface area (Å²) in [6, 6.07) is 7.66. The fourth-order valence-corrected chi connectivity index (χ4v) is 3.06. The Labute approximate surface area is 128 Å². The van der Waals surface area contributed by atoms with E-state index < -0.39 is 0 Å². The third-order valence-electron chi connectivity index (χ3n) is 3.90. The normalized spacial score (nSPS) is 22.0. The number of halogens is 1. The summed E-state index contributed by atoms with van der Waals surface area (Å²) < 4.78 is 0. The predicted molar refractivity (Wildman–Crippen MR) is 80.0 cm³/mol. The molecular weight excluding hydrogens is 290 g/mol. The van der Waals surface area contributed by atoms with E-state index in [1.54, 1.807) is 0 Å². The van der Waals surface area contributed by atoms with E-state index in [0.29, 0.717) is 30.1 Å². The Morgan fingerprint density at radius 1 is 1.38 bits per heavy atom. The summed E-state index contributed by atoms with van der Waals surface area (Å²) in [6.07, 6.45) is 2.61. The first kappa shape index (κ1) is 14.1. The number of carbonyl (C=O) groups excluding carboxylic acids is 2. The van der Waals surface area contributed by atoms with Crippen LogP contribution in [0, 0.1) is 0 Å². The summed E-state index contributed by atoms with van der Waals surface area (Å²) >= 11 is 6.04. The Balaban J connectivity index is 1.81. The number of nitrogens with zero attached hydrogens (tertiary/aromatic N) is 2. The van der Waals surface area contributed by atoms with E-state index in [2.05, 4.69) is 10.5 Å². The molecule has 5 nitrogen and oxygen atoms in total. The minimum absolute atomic E-state index is 0.0385. The maximum absolute atomic E-state index is 12.6. The third kappa shape index (κ3) is 2.93. The van der Waals surface area contributed by atoms with Crippen molar-refractivity contribution in [3.05, 3.63) is 34.9 Å². The lowest BCUT2D eigenvalue weighted by molar-refractivity contribution is -0.125. The topological polar surface area (TPSA) is 61.8 Å². The molecule has 1 unspecified atom stereocenters. The molecule has 2 aliphatic rings. The highest BCUT2D eigenvalue weighted by atomic mass is 35.5. The average Bonchev–Trinajstić information content (AvgIpc) is 2.97. The van der Waals surface area contributed by atoms with Crippen LogP contribution in [0.5, 0.6) is 0 Å². The molecule has 6 heteroatoms. The Hall–Kier alpha value is -1.88. The Bertz CT molecular complexity index is 615. The van der Waals surface area contributed by atoms with Gasteiger partial charge in [-0.25, -0.2) is 5.43 Å². The van der Waals surface area contributed by atoms with Crippen molar-refractivity contribution in [2.45, 2.75) is 31.7 Å². The van der Waals surface area contributed by atoms with Crippen LogP contribution in [0.3, 0.4) is 0 Å². The van der Waals surface area contributed by atoms with Crippen molar-refractivity contribution in [3.63, 3.8) is 0 Å². The van der Waals surface area contributed by atoms with Crippen LogP contribution in [0.4, 0.5) is 0 Å². The molecule has 3 rings (SSSR count). The number of rotatable bonds is 2. The van der Waals surface area contributed by atoms with Gasteiger partial charge >= 0.3 is 0 Å². The Kier molecular flexibility index (Phi) is 3.92. The Morgan fingerprint density at radius 3 is 2.95 bits per heavy atom. The second-order valence-corrected chi connectivity index (χ2v) is 5.74. The molecular formula is C15H16ClN3O2. The lowest BCUT2D eigenvalue weighted by Gasteiger charge is -2.26. The highest BCUT2D eigenvalue weighted by molar-refractivity contribution is 6.39. The molecule has 1 N–H and O–H groups in total. The van der Waals surface area contributed by atoms with E-state index in [0.717, 1.165) is 18.4 Å². The number of amides is 2. The van der Waals surface area contributed by atoms with Crippen molar-refractivity contribution in [2.24, 2.45) is 5.10 Å². The van der Waals surface area contributed by atoms with Crippen LogP contribution in [0.25, 0.3) is 0 Å². The molecule has 0 bridgehead atoms. The molecule has 0 spiro atoms. The van der Waals surface area contributed by atoms with Gasteiger partial charge in [0.2, 0.25) is 5.91 Å². The van der Waals surface area contributed by atoms with Crippen molar-refractivity contribution < 1.29 is 9.59 Å². The van der Waals surface area contributed by atoms with E-state index in [4.69, 9.17) is 11.6 Å². The van der Waals surface area contributed by atoms with Gasteiger partial charge in [-0.3, -0.25) is 9.59 Å². The van der Waals surface area contributed by atoms with E-state index in [1.165, 1.54) is 0 Å². The molecule has 2 amide bonds. The first-order chi connectivity index (χ1) is 10.1. The Morgan fingerprint density at radius 2 is 2.24 bits per heavy atom. The molecule has 0 aromatic heterocycles. The molecule has 0 aliphatic carbocycles. The summed E-state index contributed by atoms with van der Waals surface area (Å²) in [7, 11) is 0. The van der Waals surface area contributed by atoms with Crippen LogP contribution in [0.1, 0.15) is 37.3 Å². The maximum Gasteiger partial charge on any atom is 0.270 e. The van der Waals surface area contributed by atoms with Crippen molar-refractivity contribution in [2.75, 3.05) is 6.54 Å². The summed E-state index contributed by atoms with van der Waals surface area (Å²) in [5, 5.41) is 4.58. The maximum atomic E-state index is 12.6. The van der Waals surface area contributed by atoms with Crippen LogP contribution < -0.4 is 5.43 Å².